The second-order valence-electron chi connectivity index (χ2n) is 4.76. The lowest BCUT2D eigenvalue weighted by Crippen LogP contribution is -2.41. The molecule has 0 aromatic heterocycles. The minimum absolute atomic E-state index is 0.0540. The summed E-state index contributed by atoms with van der Waals surface area (Å²) >= 11 is 1.52. The lowest BCUT2D eigenvalue weighted by molar-refractivity contribution is -0.119. The van der Waals surface area contributed by atoms with Crippen molar-refractivity contribution in [2.45, 2.75) is 31.2 Å². The summed E-state index contributed by atoms with van der Waals surface area (Å²) in [4.78, 5) is 12.7. The summed E-state index contributed by atoms with van der Waals surface area (Å²) in [5.41, 5.74) is -0.169. The molecule has 0 fully saturated rings. The average Bonchev–Trinajstić information content (AvgIpc) is 2.25. The summed E-state index contributed by atoms with van der Waals surface area (Å²) < 4.78 is 5.07. The number of thioether (sulfide) groups is 1. The molecular weight excluding hydrogens is 234 g/mol. The number of hydrogen-bond acceptors (Lipinski definition) is 3. The molecule has 0 spiro atoms. The molecule has 0 aliphatic heterocycles. The minimum Gasteiger partial charge on any atom is -0.497 e. The molecule has 94 valence electrons. The normalized spacial score (nSPS) is 11.1. The van der Waals surface area contributed by atoms with Gasteiger partial charge in [-0.15, -0.1) is 11.8 Å². The van der Waals surface area contributed by atoms with Crippen LogP contribution in [0.1, 0.15) is 20.8 Å². The van der Waals surface area contributed by atoms with Crippen LogP contribution < -0.4 is 10.1 Å². The van der Waals surface area contributed by atoms with E-state index in [0.29, 0.717) is 5.75 Å². The number of hydrogen-bond donors (Lipinski definition) is 1. The van der Waals surface area contributed by atoms with E-state index in [9.17, 15) is 4.79 Å². The van der Waals surface area contributed by atoms with Gasteiger partial charge in [0, 0.05) is 10.4 Å². The lowest BCUT2D eigenvalue weighted by Gasteiger charge is -2.20. The van der Waals surface area contributed by atoms with Crippen molar-refractivity contribution in [2.75, 3.05) is 12.9 Å². The first kappa shape index (κ1) is 13.9. The Labute approximate surface area is 107 Å². The largest absolute Gasteiger partial charge is 0.497 e. The van der Waals surface area contributed by atoms with Crippen LogP contribution in [-0.2, 0) is 4.79 Å². The minimum atomic E-state index is -0.169. The lowest BCUT2D eigenvalue weighted by atomic mass is 10.1. The molecule has 0 saturated carbocycles. The molecule has 0 unspecified atom stereocenters. The molecule has 0 bridgehead atoms. The summed E-state index contributed by atoms with van der Waals surface area (Å²) in [6.07, 6.45) is 0. The van der Waals surface area contributed by atoms with Crippen LogP contribution in [-0.4, -0.2) is 24.3 Å². The molecular formula is C13H19NO2S. The van der Waals surface area contributed by atoms with Crippen molar-refractivity contribution in [3.63, 3.8) is 0 Å². The number of methoxy groups -OCH3 is 1. The first-order chi connectivity index (χ1) is 7.90. The smallest absolute Gasteiger partial charge is 0.230 e. The molecule has 4 heteroatoms. The number of nitrogens with one attached hydrogen (secondary N) is 1. The summed E-state index contributed by atoms with van der Waals surface area (Å²) in [6, 6.07) is 7.69. The summed E-state index contributed by atoms with van der Waals surface area (Å²) in [5, 5.41) is 2.93. The van der Waals surface area contributed by atoms with Gasteiger partial charge in [-0.25, -0.2) is 0 Å². The summed E-state index contributed by atoms with van der Waals surface area (Å²) in [7, 11) is 1.64. The van der Waals surface area contributed by atoms with Crippen LogP contribution in [0.2, 0.25) is 0 Å². The van der Waals surface area contributed by atoms with Crippen molar-refractivity contribution >= 4 is 17.7 Å². The van der Waals surface area contributed by atoms with E-state index in [0.717, 1.165) is 10.6 Å². The maximum absolute atomic E-state index is 11.6. The molecule has 0 atom stereocenters. The zero-order valence-corrected chi connectivity index (χ0v) is 11.6. The van der Waals surface area contributed by atoms with Crippen molar-refractivity contribution < 1.29 is 9.53 Å². The third-order valence-electron chi connectivity index (χ3n) is 1.94. The van der Waals surface area contributed by atoms with Crippen molar-refractivity contribution in [3.8, 4) is 5.75 Å². The summed E-state index contributed by atoms with van der Waals surface area (Å²) in [6.45, 7) is 5.93. The Morgan fingerprint density at radius 3 is 2.35 bits per heavy atom. The van der Waals surface area contributed by atoms with Crippen molar-refractivity contribution in [2.24, 2.45) is 0 Å². The molecule has 0 heterocycles. The van der Waals surface area contributed by atoms with Crippen LogP contribution in [0, 0.1) is 0 Å². The molecule has 17 heavy (non-hydrogen) atoms. The second kappa shape index (κ2) is 5.96. The number of ether oxygens (including phenoxy) is 1. The van der Waals surface area contributed by atoms with Gasteiger partial charge in [0.25, 0.3) is 0 Å². The Kier molecular flexibility index (Phi) is 4.87. The van der Waals surface area contributed by atoms with Gasteiger partial charge in [-0.1, -0.05) is 0 Å². The van der Waals surface area contributed by atoms with E-state index in [1.807, 2.05) is 45.0 Å². The van der Waals surface area contributed by atoms with Crippen molar-refractivity contribution in [1.29, 1.82) is 0 Å². The van der Waals surface area contributed by atoms with Crippen molar-refractivity contribution in [3.05, 3.63) is 24.3 Å². The van der Waals surface area contributed by atoms with Crippen LogP contribution >= 0.6 is 11.8 Å². The monoisotopic (exact) mass is 253 g/mol. The first-order valence-corrected chi connectivity index (χ1v) is 6.47. The highest BCUT2D eigenvalue weighted by molar-refractivity contribution is 8.00. The van der Waals surface area contributed by atoms with E-state index in [4.69, 9.17) is 4.74 Å². The van der Waals surface area contributed by atoms with Crippen LogP contribution in [0.4, 0.5) is 0 Å². The molecule has 0 radical (unpaired) electrons. The van der Waals surface area contributed by atoms with Gasteiger partial charge < -0.3 is 10.1 Å². The molecule has 1 amide bonds. The maximum Gasteiger partial charge on any atom is 0.230 e. The molecule has 0 aliphatic rings. The SMILES string of the molecule is COc1ccc(SCC(=O)NC(C)(C)C)cc1. The zero-order valence-electron chi connectivity index (χ0n) is 10.7. The van der Waals surface area contributed by atoms with Crippen molar-refractivity contribution in [1.82, 2.24) is 5.32 Å². The van der Waals surface area contributed by atoms with E-state index in [2.05, 4.69) is 5.32 Å². The Balaban J connectivity index is 2.42. The van der Waals surface area contributed by atoms with Crippen LogP contribution in [0.5, 0.6) is 5.75 Å². The van der Waals surface area contributed by atoms with E-state index < -0.39 is 0 Å². The highest BCUT2D eigenvalue weighted by atomic mass is 32.2. The number of rotatable bonds is 4. The number of benzene rings is 1. The van der Waals surface area contributed by atoms with Crippen LogP contribution in [0.15, 0.2) is 29.2 Å². The van der Waals surface area contributed by atoms with Gasteiger partial charge in [-0.2, -0.15) is 0 Å². The fourth-order valence-electron chi connectivity index (χ4n) is 1.28. The van der Waals surface area contributed by atoms with E-state index >= 15 is 0 Å². The number of carbonyl (C=O) groups is 1. The highest BCUT2D eigenvalue weighted by Crippen LogP contribution is 2.21. The third kappa shape index (κ3) is 5.63. The fraction of sp³-hybridized carbons (Fsp3) is 0.462. The van der Waals surface area contributed by atoms with E-state index in [1.54, 1.807) is 7.11 Å². The van der Waals surface area contributed by atoms with E-state index in [-0.39, 0.29) is 11.4 Å². The van der Waals surface area contributed by atoms with Gasteiger partial charge in [-0.05, 0) is 45.0 Å². The van der Waals surface area contributed by atoms with Gasteiger partial charge in [0.2, 0.25) is 5.91 Å². The van der Waals surface area contributed by atoms with E-state index in [1.165, 1.54) is 11.8 Å². The quantitative estimate of drug-likeness (QED) is 0.838. The Morgan fingerprint density at radius 2 is 1.88 bits per heavy atom. The first-order valence-electron chi connectivity index (χ1n) is 5.48. The van der Waals surface area contributed by atoms with Gasteiger partial charge in [0.05, 0.1) is 12.9 Å². The third-order valence-corrected chi connectivity index (χ3v) is 2.96. The zero-order chi connectivity index (χ0) is 12.9. The fourth-order valence-corrected chi connectivity index (χ4v) is 1.97. The topological polar surface area (TPSA) is 38.3 Å². The van der Waals surface area contributed by atoms with Gasteiger partial charge in [0.1, 0.15) is 5.75 Å². The molecule has 1 rings (SSSR count). The number of carbonyl (C=O) groups excluding carboxylic acids is 1. The molecule has 3 nitrogen and oxygen atoms in total. The standard InChI is InChI=1S/C13H19NO2S/c1-13(2,3)14-12(15)9-17-11-7-5-10(16-4)6-8-11/h5-8H,9H2,1-4H3,(H,14,15). The molecule has 1 N–H and O–H groups in total. The maximum atomic E-state index is 11.6. The molecule has 1 aromatic carbocycles. The highest BCUT2D eigenvalue weighted by Gasteiger charge is 2.13. The predicted octanol–water partition coefficient (Wildman–Crippen LogP) is 2.70. The van der Waals surface area contributed by atoms with Gasteiger partial charge in [-0.3, -0.25) is 4.79 Å². The Morgan fingerprint density at radius 1 is 1.29 bits per heavy atom. The Hall–Kier alpha value is -1.16. The predicted molar refractivity (Wildman–Crippen MR) is 71.6 cm³/mol. The van der Waals surface area contributed by atoms with Gasteiger partial charge >= 0.3 is 0 Å². The average molecular weight is 253 g/mol. The number of amides is 1. The second-order valence-corrected chi connectivity index (χ2v) is 5.81. The van der Waals surface area contributed by atoms with Crippen LogP contribution in [0.25, 0.3) is 0 Å². The Bertz CT molecular complexity index is 368. The summed E-state index contributed by atoms with van der Waals surface area (Å²) in [5.74, 6) is 1.32. The molecule has 1 aromatic rings. The van der Waals surface area contributed by atoms with Gasteiger partial charge in [0.15, 0.2) is 0 Å². The molecule has 0 aliphatic carbocycles. The van der Waals surface area contributed by atoms with Crippen LogP contribution in [0.3, 0.4) is 0 Å². The molecule has 0 saturated heterocycles.